The quantitative estimate of drug-likeness (QED) is 0.718. The fourth-order valence-corrected chi connectivity index (χ4v) is 2.05. The van der Waals surface area contributed by atoms with Crippen LogP contribution >= 0.6 is 0 Å². The van der Waals surface area contributed by atoms with Gasteiger partial charge in [0.1, 0.15) is 6.61 Å². The fraction of sp³-hybridized carbons (Fsp3) is 0.438. The van der Waals surface area contributed by atoms with Crippen LogP contribution < -0.4 is 14.8 Å². The number of nitrogens with zero attached hydrogens (tertiary/aromatic N) is 2. The first kappa shape index (κ1) is 15.4. The zero-order chi connectivity index (χ0) is 14.9. The van der Waals surface area contributed by atoms with Gasteiger partial charge in [-0.15, -0.1) is 0 Å². The molecule has 0 atom stereocenters. The van der Waals surface area contributed by atoms with Crippen LogP contribution in [0.1, 0.15) is 12.6 Å². The molecule has 0 aliphatic carbocycles. The highest BCUT2D eigenvalue weighted by Gasteiger charge is 2.03. The lowest BCUT2D eigenvalue weighted by Crippen LogP contribution is -2.16. The molecule has 0 aliphatic rings. The standard InChI is InChI=1S/C16H23N3O2/c1-3-17-9-8-14-12-19(13-18-14)10-11-21-16-7-5-4-6-15(16)20-2/h4-7,12-13,17H,3,8-11H2,1-2H3. The predicted molar refractivity (Wildman–Crippen MR) is 83.0 cm³/mol. The van der Waals surface area contributed by atoms with E-state index in [2.05, 4.69) is 28.0 Å². The summed E-state index contributed by atoms with van der Waals surface area (Å²) in [5.74, 6) is 1.53. The van der Waals surface area contributed by atoms with Gasteiger partial charge in [0.15, 0.2) is 11.5 Å². The van der Waals surface area contributed by atoms with E-state index in [1.165, 1.54) is 0 Å². The molecule has 0 saturated heterocycles. The zero-order valence-corrected chi connectivity index (χ0v) is 12.7. The summed E-state index contributed by atoms with van der Waals surface area (Å²) in [6.07, 6.45) is 4.88. The van der Waals surface area contributed by atoms with Crippen molar-refractivity contribution < 1.29 is 9.47 Å². The van der Waals surface area contributed by atoms with Gasteiger partial charge in [0.05, 0.1) is 25.7 Å². The minimum Gasteiger partial charge on any atom is -0.493 e. The van der Waals surface area contributed by atoms with E-state index in [0.717, 1.165) is 43.2 Å². The van der Waals surface area contributed by atoms with Crippen molar-refractivity contribution in [2.24, 2.45) is 0 Å². The van der Waals surface area contributed by atoms with Gasteiger partial charge < -0.3 is 19.4 Å². The van der Waals surface area contributed by atoms with Crippen molar-refractivity contribution >= 4 is 0 Å². The lowest BCUT2D eigenvalue weighted by atomic mass is 10.3. The fourth-order valence-electron chi connectivity index (χ4n) is 2.05. The summed E-state index contributed by atoms with van der Waals surface area (Å²) >= 11 is 0. The Hall–Kier alpha value is -2.01. The van der Waals surface area contributed by atoms with Crippen molar-refractivity contribution in [3.63, 3.8) is 0 Å². The number of para-hydroxylation sites is 2. The van der Waals surface area contributed by atoms with Crippen molar-refractivity contribution in [2.75, 3.05) is 26.8 Å². The summed E-state index contributed by atoms with van der Waals surface area (Å²) < 4.78 is 13.1. The van der Waals surface area contributed by atoms with Crippen LogP contribution in [0.2, 0.25) is 0 Å². The maximum atomic E-state index is 5.75. The molecule has 0 radical (unpaired) electrons. The number of benzene rings is 1. The summed E-state index contributed by atoms with van der Waals surface area (Å²) in [6.45, 7) is 5.42. The molecule has 5 heteroatoms. The third kappa shape index (κ3) is 4.79. The number of imidazole rings is 1. The Bertz CT molecular complexity index is 540. The number of nitrogens with one attached hydrogen (secondary N) is 1. The van der Waals surface area contributed by atoms with Gasteiger partial charge >= 0.3 is 0 Å². The van der Waals surface area contributed by atoms with Crippen molar-refractivity contribution in [1.82, 2.24) is 14.9 Å². The average molecular weight is 289 g/mol. The van der Waals surface area contributed by atoms with E-state index in [4.69, 9.17) is 9.47 Å². The van der Waals surface area contributed by atoms with Crippen molar-refractivity contribution in [3.8, 4) is 11.5 Å². The topological polar surface area (TPSA) is 48.3 Å². The Kier molecular flexibility index (Phi) is 6.09. The van der Waals surface area contributed by atoms with Gasteiger partial charge in [0.2, 0.25) is 0 Å². The van der Waals surface area contributed by atoms with Crippen LogP contribution in [-0.4, -0.2) is 36.4 Å². The SMILES string of the molecule is CCNCCc1cn(CCOc2ccccc2OC)cn1. The minimum absolute atomic E-state index is 0.587. The first-order valence-corrected chi connectivity index (χ1v) is 7.30. The van der Waals surface area contributed by atoms with Crippen molar-refractivity contribution in [3.05, 3.63) is 42.5 Å². The molecule has 0 spiro atoms. The van der Waals surface area contributed by atoms with E-state index in [0.29, 0.717) is 6.61 Å². The zero-order valence-electron chi connectivity index (χ0n) is 12.7. The molecular formula is C16H23N3O2. The maximum absolute atomic E-state index is 5.75. The van der Waals surface area contributed by atoms with Gasteiger partial charge in [-0.3, -0.25) is 0 Å². The van der Waals surface area contributed by atoms with Crippen LogP contribution in [0.3, 0.4) is 0 Å². The first-order valence-electron chi connectivity index (χ1n) is 7.30. The number of likely N-dealkylation sites (N-methyl/N-ethyl adjacent to an activating group) is 1. The van der Waals surface area contributed by atoms with Gasteiger partial charge in [0.25, 0.3) is 0 Å². The van der Waals surface area contributed by atoms with E-state index in [9.17, 15) is 0 Å². The van der Waals surface area contributed by atoms with Crippen LogP contribution in [0.15, 0.2) is 36.8 Å². The average Bonchev–Trinajstić information content (AvgIpc) is 2.96. The van der Waals surface area contributed by atoms with Gasteiger partial charge in [-0.05, 0) is 18.7 Å². The first-order chi connectivity index (χ1) is 10.3. The number of rotatable bonds is 9. The van der Waals surface area contributed by atoms with Crippen LogP contribution in [0.4, 0.5) is 0 Å². The number of aromatic nitrogens is 2. The molecule has 1 aromatic heterocycles. The van der Waals surface area contributed by atoms with E-state index >= 15 is 0 Å². The summed E-state index contributed by atoms with van der Waals surface area (Å²) in [5, 5.41) is 3.30. The second-order valence-corrected chi connectivity index (χ2v) is 4.71. The molecule has 0 saturated carbocycles. The van der Waals surface area contributed by atoms with E-state index in [1.807, 2.05) is 30.6 Å². The summed E-state index contributed by atoms with van der Waals surface area (Å²) in [4.78, 5) is 4.39. The van der Waals surface area contributed by atoms with Crippen LogP contribution in [-0.2, 0) is 13.0 Å². The molecule has 0 aliphatic heterocycles. The highest BCUT2D eigenvalue weighted by molar-refractivity contribution is 5.39. The largest absolute Gasteiger partial charge is 0.493 e. The molecule has 0 amide bonds. The summed E-state index contributed by atoms with van der Waals surface area (Å²) in [7, 11) is 1.65. The van der Waals surface area contributed by atoms with E-state index in [-0.39, 0.29) is 0 Å². The normalized spacial score (nSPS) is 10.6. The summed E-state index contributed by atoms with van der Waals surface area (Å²) in [6, 6.07) is 7.67. The number of hydrogen-bond donors (Lipinski definition) is 1. The molecule has 0 unspecified atom stereocenters. The van der Waals surface area contributed by atoms with Crippen molar-refractivity contribution in [1.29, 1.82) is 0 Å². The van der Waals surface area contributed by atoms with Gasteiger partial charge in [-0.1, -0.05) is 19.1 Å². The Morgan fingerprint density at radius 1 is 1.24 bits per heavy atom. The number of methoxy groups -OCH3 is 1. The number of ether oxygens (including phenoxy) is 2. The Morgan fingerprint density at radius 3 is 2.81 bits per heavy atom. The van der Waals surface area contributed by atoms with Crippen molar-refractivity contribution in [2.45, 2.75) is 19.9 Å². The van der Waals surface area contributed by atoms with Crippen LogP contribution in [0.5, 0.6) is 11.5 Å². The maximum Gasteiger partial charge on any atom is 0.161 e. The lowest BCUT2D eigenvalue weighted by Gasteiger charge is -2.10. The molecule has 1 N–H and O–H groups in total. The smallest absolute Gasteiger partial charge is 0.161 e. The molecule has 5 nitrogen and oxygen atoms in total. The Labute approximate surface area is 125 Å². The molecule has 0 fully saturated rings. The van der Waals surface area contributed by atoms with E-state index in [1.54, 1.807) is 7.11 Å². The number of hydrogen-bond acceptors (Lipinski definition) is 4. The predicted octanol–water partition coefficient (Wildman–Crippen LogP) is 2.12. The molecule has 21 heavy (non-hydrogen) atoms. The highest BCUT2D eigenvalue weighted by atomic mass is 16.5. The Balaban J connectivity index is 1.78. The molecular weight excluding hydrogens is 266 g/mol. The molecule has 1 heterocycles. The third-order valence-corrected chi connectivity index (χ3v) is 3.17. The minimum atomic E-state index is 0.587. The Morgan fingerprint density at radius 2 is 2.05 bits per heavy atom. The van der Waals surface area contributed by atoms with Crippen LogP contribution in [0.25, 0.3) is 0 Å². The highest BCUT2D eigenvalue weighted by Crippen LogP contribution is 2.25. The summed E-state index contributed by atoms with van der Waals surface area (Å²) in [5.41, 5.74) is 1.10. The van der Waals surface area contributed by atoms with E-state index < -0.39 is 0 Å². The lowest BCUT2D eigenvalue weighted by molar-refractivity contribution is 0.279. The third-order valence-electron chi connectivity index (χ3n) is 3.17. The molecule has 114 valence electrons. The second-order valence-electron chi connectivity index (χ2n) is 4.71. The van der Waals surface area contributed by atoms with Crippen LogP contribution in [0, 0.1) is 0 Å². The second kappa shape index (κ2) is 8.32. The van der Waals surface area contributed by atoms with Gasteiger partial charge in [-0.2, -0.15) is 0 Å². The van der Waals surface area contributed by atoms with Gasteiger partial charge in [-0.25, -0.2) is 4.98 Å². The van der Waals surface area contributed by atoms with Gasteiger partial charge in [0, 0.05) is 19.2 Å². The molecule has 2 rings (SSSR count). The monoisotopic (exact) mass is 289 g/mol. The molecule has 2 aromatic rings. The molecule has 1 aromatic carbocycles. The molecule has 0 bridgehead atoms.